The van der Waals surface area contributed by atoms with E-state index in [1.807, 2.05) is 38.3 Å². The molecule has 30 heavy (non-hydrogen) atoms. The quantitative estimate of drug-likeness (QED) is 0.548. The van der Waals surface area contributed by atoms with E-state index in [0.29, 0.717) is 30.2 Å². The maximum atomic E-state index is 12.4. The van der Waals surface area contributed by atoms with E-state index in [2.05, 4.69) is 20.2 Å². The largest absolute Gasteiger partial charge is 0.345 e. The van der Waals surface area contributed by atoms with Gasteiger partial charge in [-0.1, -0.05) is 32.0 Å². The lowest BCUT2D eigenvalue weighted by atomic mass is 9.97. The maximum absolute atomic E-state index is 12.4. The summed E-state index contributed by atoms with van der Waals surface area (Å²) >= 11 is 1.59. The van der Waals surface area contributed by atoms with Gasteiger partial charge in [-0.25, -0.2) is 13.1 Å². The average Bonchev–Trinajstić information content (AvgIpc) is 3.38. The second-order valence-electron chi connectivity index (χ2n) is 7.70. The Balaban J connectivity index is 1.55. The molecule has 0 spiro atoms. The van der Waals surface area contributed by atoms with Crippen LogP contribution in [0.4, 0.5) is 0 Å². The third kappa shape index (κ3) is 5.74. The van der Waals surface area contributed by atoms with Crippen LogP contribution in [-0.4, -0.2) is 31.0 Å². The Labute approximate surface area is 179 Å². The number of hydrogen-bond donors (Lipinski definition) is 2. The fourth-order valence-electron chi connectivity index (χ4n) is 2.52. The number of rotatable bonds is 8. The van der Waals surface area contributed by atoms with Gasteiger partial charge in [0.25, 0.3) is 5.91 Å². The molecule has 160 valence electrons. The molecule has 0 unspecified atom stereocenters. The van der Waals surface area contributed by atoms with E-state index < -0.39 is 10.0 Å². The van der Waals surface area contributed by atoms with E-state index in [9.17, 15) is 13.2 Å². The van der Waals surface area contributed by atoms with Crippen molar-refractivity contribution in [1.82, 2.24) is 20.2 Å². The molecule has 1 amide bonds. The molecule has 0 aliphatic rings. The molecule has 3 rings (SSSR count). The van der Waals surface area contributed by atoms with Gasteiger partial charge in [-0.2, -0.15) is 4.98 Å². The van der Waals surface area contributed by atoms with Gasteiger partial charge in [0.15, 0.2) is 5.82 Å². The lowest BCUT2D eigenvalue weighted by Crippen LogP contribution is -2.26. The van der Waals surface area contributed by atoms with Crippen molar-refractivity contribution in [3.63, 3.8) is 0 Å². The van der Waals surface area contributed by atoms with Crippen molar-refractivity contribution in [2.45, 2.75) is 44.0 Å². The van der Waals surface area contributed by atoms with Gasteiger partial charge in [0.2, 0.25) is 15.9 Å². The van der Waals surface area contributed by atoms with Crippen molar-refractivity contribution in [2.24, 2.45) is 0 Å². The zero-order valence-corrected chi connectivity index (χ0v) is 18.6. The average molecular weight is 449 g/mol. The van der Waals surface area contributed by atoms with E-state index in [4.69, 9.17) is 4.52 Å². The summed E-state index contributed by atoms with van der Waals surface area (Å²) in [6.07, 6.45) is 0.629. The Morgan fingerprint density at radius 2 is 1.90 bits per heavy atom. The van der Waals surface area contributed by atoms with Crippen molar-refractivity contribution >= 4 is 27.3 Å². The first-order chi connectivity index (χ1) is 14.1. The second kappa shape index (κ2) is 9.07. The van der Waals surface area contributed by atoms with Crippen molar-refractivity contribution in [3.8, 4) is 0 Å². The molecular formula is C20H24N4O4S2. The van der Waals surface area contributed by atoms with Crippen LogP contribution in [0, 0.1) is 0 Å². The molecule has 0 fully saturated rings. The van der Waals surface area contributed by atoms with Crippen LogP contribution in [0.5, 0.6) is 0 Å². The summed E-state index contributed by atoms with van der Waals surface area (Å²) in [6, 6.07) is 9.66. The molecule has 0 bridgehead atoms. The molecule has 3 aromatic rings. The first kappa shape index (κ1) is 22.1. The van der Waals surface area contributed by atoms with Gasteiger partial charge >= 0.3 is 0 Å². The van der Waals surface area contributed by atoms with E-state index in [1.54, 1.807) is 11.3 Å². The predicted molar refractivity (Wildman–Crippen MR) is 114 cm³/mol. The van der Waals surface area contributed by atoms with Gasteiger partial charge < -0.3 is 9.84 Å². The highest BCUT2D eigenvalue weighted by molar-refractivity contribution is 7.89. The lowest BCUT2D eigenvalue weighted by molar-refractivity contribution is 0.0949. The summed E-state index contributed by atoms with van der Waals surface area (Å²) in [7, 11) is -3.63. The normalized spacial score (nSPS) is 12.1. The highest BCUT2D eigenvalue weighted by atomic mass is 32.2. The molecule has 1 aromatic carbocycles. The van der Waals surface area contributed by atoms with Crippen LogP contribution in [0.2, 0.25) is 0 Å². The topological polar surface area (TPSA) is 114 Å². The minimum Gasteiger partial charge on any atom is -0.345 e. The summed E-state index contributed by atoms with van der Waals surface area (Å²) in [5.74, 6) is 0.516. The number of thiophene rings is 1. The molecule has 10 heteroatoms. The van der Waals surface area contributed by atoms with Crippen LogP contribution < -0.4 is 10.0 Å². The maximum Gasteiger partial charge on any atom is 0.251 e. The molecule has 0 atom stereocenters. The minimum atomic E-state index is -3.63. The SMILES string of the molecule is CC(C)(C)c1nc(CNC(=O)c2ccc(S(=O)(=O)NCCc3cccs3)cc2)no1. The first-order valence-electron chi connectivity index (χ1n) is 9.38. The third-order valence-electron chi connectivity index (χ3n) is 4.19. The monoisotopic (exact) mass is 448 g/mol. The Morgan fingerprint density at radius 3 is 2.50 bits per heavy atom. The fraction of sp³-hybridized carbons (Fsp3) is 0.350. The highest BCUT2D eigenvalue weighted by Gasteiger charge is 2.22. The first-order valence-corrected chi connectivity index (χ1v) is 11.7. The fourth-order valence-corrected chi connectivity index (χ4v) is 4.26. The number of carbonyl (C=O) groups excluding carboxylic acids is 1. The van der Waals surface area contributed by atoms with Gasteiger partial charge in [-0.15, -0.1) is 11.3 Å². The molecule has 0 radical (unpaired) electrons. The van der Waals surface area contributed by atoms with Gasteiger partial charge in [0, 0.05) is 22.4 Å². The summed E-state index contributed by atoms with van der Waals surface area (Å²) < 4.78 is 32.6. The summed E-state index contributed by atoms with van der Waals surface area (Å²) in [5, 5.41) is 8.51. The Kier molecular flexibility index (Phi) is 6.69. The van der Waals surface area contributed by atoms with E-state index in [1.165, 1.54) is 24.3 Å². The van der Waals surface area contributed by atoms with Crippen LogP contribution in [-0.2, 0) is 28.4 Å². The van der Waals surface area contributed by atoms with E-state index in [0.717, 1.165) is 4.88 Å². The Morgan fingerprint density at radius 1 is 1.17 bits per heavy atom. The molecule has 8 nitrogen and oxygen atoms in total. The number of hydrogen-bond acceptors (Lipinski definition) is 7. The second-order valence-corrected chi connectivity index (χ2v) is 10.5. The Hall–Kier alpha value is -2.56. The number of sulfonamides is 1. The molecule has 2 heterocycles. The zero-order valence-electron chi connectivity index (χ0n) is 17.0. The Bertz CT molecular complexity index is 1080. The predicted octanol–water partition coefficient (Wildman–Crippen LogP) is 2.88. The van der Waals surface area contributed by atoms with E-state index in [-0.39, 0.29) is 22.8 Å². The van der Waals surface area contributed by atoms with Gasteiger partial charge in [-0.3, -0.25) is 4.79 Å². The van der Waals surface area contributed by atoms with Crippen molar-refractivity contribution in [2.75, 3.05) is 6.54 Å². The molecule has 0 saturated carbocycles. The number of nitrogens with zero attached hydrogens (tertiary/aromatic N) is 2. The van der Waals surface area contributed by atoms with Gasteiger partial charge in [0.1, 0.15) is 0 Å². The summed E-state index contributed by atoms with van der Waals surface area (Å²) in [5.41, 5.74) is 0.0704. The van der Waals surface area contributed by atoms with Gasteiger partial charge in [0.05, 0.1) is 11.4 Å². The van der Waals surface area contributed by atoms with Crippen LogP contribution >= 0.6 is 11.3 Å². The molecule has 2 N–H and O–H groups in total. The van der Waals surface area contributed by atoms with Crippen molar-refractivity contribution < 1.29 is 17.7 Å². The van der Waals surface area contributed by atoms with Crippen molar-refractivity contribution in [3.05, 3.63) is 63.9 Å². The molecule has 0 aliphatic heterocycles. The summed E-state index contributed by atoms with van der Waals surface area (Å²) in [4.78, 5) is 17.8. The number of nitrogens with one attached hydrogen (secondary N) is 2. The van der Waals surface area contributed by atoms with E-state index >= 15 is 0 Å². The van der Waals surface area contributed by atoms with Crippen molar-refractivity contribution in [1.29, 1.82) is 0 Å². The zero-order chi connectivity index (χ0) is 21.8. The number of benzene rings is 1. The number of carbonyl (C=O) groups is 1. The van der Waals surface area contributed by atoms with Gasteiger partial charge in [-0.05, 0) is 42.1 Å². The number of amides is 1. The third-order valence-corrected chi connectivity index (χ3v) is 6.60. The van der Waals surface area contributed by atoms with Crippen LogP contribution in [0.25, 0.3) is 0 Å². The molecule has 0 aliphatic carbocycles. The van der Waals surface area contributed by atoms with Crippen LogP contribution in [0.1, 0.15) is 47.7 Å². The van der Waals surface area contributed by atoms with Crippen LogP contribution in [0.3, 0.4) is 0 Å². The van der Waals surface area contributed by atoms with Crippen LogP contribution in [0.15, 0.2) is 51.2 Å². The molecular weight excluding hydrogens is 424 g/mol. The standard InChI is InChI=1S/C20H24N4O4S2/c1-20(2,3)19-23-17(24-28-19)13-21-18(25)14-6-8-16(9-7-14)30(26,27)22-11-10-15-5-4-12-29-15/h4-9,12,22H,10-11,13H2,1-3H3,(H,21,25). The molecule has 2 aromatic heterocycles. The summed E-state index contributed by atoms with van der Waals surface area (Å²) in [6.45, 7) is 6.29. The smallest absolute Gasteiger partial charge is 0.251 e. The minimum absolute atomic E-state index is 0.109. The highest BCUT2D eigenvalue weighted by Crippen LogP contribution is 2.19. The number of aromatic nitrogens is 2. The lowest BCUT2D eigenvalue weighted by Gasteiger charge is -2.10. The molecule has 0 saturated heterocycles.